The van der Waals surface area contributed by atoms with Crippen molar-refractivity contribution in [2.75, 3.05) is 7.11 Å². The van der Waals surface area contributed by atoms with Gasteiger partial charge in [-0.1, -0.05) is 12.1 Å². The van der Waals surface area contributed by atoms with Crippen molar-refractivity contribution in [3.8, 4) is 17.2 Å². The standard InChI is InChI=1S/C24H19F2NO7/c1-10(28)17-13(29)8-16-24(2,22(17)31)19-14(30)7-15(33-3)18(21(19)34-16)23(32)27-9-11-5-4-6-12(25)20(11)26/h4-8,29-30H,9H2,1-3H3,(H,27,32)/t24-/m1/s1. The Balaban J connectivity index is 1.81. The van der Waals surface area contributed by atoms with Crippen LogP contribution in [0.5, 0.6) is 17.2 Å². The predicted octanol–water partition coefficient (Wildman–Crippen LogP) is 3.13. The number of aliphatic hydroxyl groups excluding tert-OH is 1. The van der Waals surface area contributed by atoms with E-state index in [1.807, 2.05) is 0 Å². The molecule has 1 aliphatic heterocycles. The van der Waals surface area contributed by atoms with Crippen LogP contribution >= 0.6 is 0 Å². The number of aromatic hydroxyl groups is 1. The first kappa shape index (κ1) is 23.0. The van der Waals surface area contributed by atoms with Crippen molar-refractivity contribution in [2.24, 2.45) is 0 Å². The number of halogens is 2. The molecular weight excluding hydrogens is 452 g/mol. The van der Waals surface area contributed by atoms with Crippen LogP contribution in [0.1, 0.15) is 35.3 Å². The van der Waals surface area contributed by atoms with Crippen LogP contribution in [0.3, 0.4) is 0 Å². The number of phenolic OH excluding ortho intramolecular Hbond substituents is 1. The Labute approximate surface area is 192 Å². The molecule has 1 heterocycles. The zero-order valence-corrected chi connectivity index (χ0v) is 18.3. The molecule has 10 heteroatoms. The topological polar surface area (TPSA) is 122 Å². The SMILES string of the molecule is COc1cc(O)c2c(c1C(=O)NCc1cccc(F)c1F)OC1=CC(O)=C(C(C)=O)C(=O)[C@]12C. The summed E-state index contributed by atoms with van der Waals surface area (Å²) in [5.41, 5.74) is -2.60. The van der Waals surface area contributed by atoms with E-state index >= 15 is 0 Å². The van der Waals surface area contributed by atoms with E-state index in [4.69, 9.17) is 9.47 Å². The van der Waals surface area contributed by atoms with Gasteiger partial charge in [-0.25, -0.2) is 8.78 Å². The van der Waals surface area contributed by atoms with Crippen molar-refractivity contribution in [2.45, 2.75) is 25.8 Å². The minimum atomic E-state index is -1.71. The number of hydrogen-bond acceptors (Lipinski definition) is 7. The monoisotopic (exact) mass is 471 g/mol. The van der Waals surface area contributed by atoms with Crippen molar-refractivity contribution < 1.29 is 42.9 Å². The zero-order chi connectivity index (χ0) is 24.9. The molecule has 4 rings (SSSR count). The van der Waals surface area contributed by atoms with Gasteiger partial charge in [0.15, 0.2) is 29.0 Å². The molecule has 0 unspecified atom stereocenters. The van der Waals surface area contributed by atoms with Crippen molar-refractivity contribution in [3.05, 3.63) is 75.8 Å². The lowest BCUT2D eigenvalue weighted by atomic mass is 9.71. The molecule has 34 heavy (non-hydrogen) atoms. The summed E-state index contributed by atoms with van der Waals surface area (Å²) in [5.74, 6) is -6.01. The molecule has 0 bridgehead atoms. The number of hydrogen-bond donors (Lipinski definition) is 3. The minimum absolute atomic E-state index is 0.0992. The maximum atomic E-state index is 14.0. The van der Waals surface area contributed by atoms with Gasteiger partial charge in [-0.15, -0.1) is 0 Å². The molecule has 0 aromatic heterocycles. The summed E-state index contributed by atoms with van der Waals surface area (Å²) in [7, 11) is 1.24. The van der Waals surface area contributed by atoms with Crippen LogP contribution in [0.15, 0.2) is 47.4 Å². The van der Waals surface area contributed by atoms with E-state index in [1.165, 1.54) is 26.2 Å². The average molecular weight is 471 g/mol. The van der Waals surface area contributed by atoms with Gasteiger partial charge in [-0.3, -0.25) is 14.4 Å². The van der Waals surface area contributed by atoms with Crippen LogP contribution in [0.25, 0.3) is 0 Å². The molecule has 0 saturated carbocycles. The van der Waals surface area contributed by atoms with E-state index < -0.39 is 51.6 Å². The predicted molar refractivity (Wildman–Crippen MR) is 114 cm³/mol. The lowest BCUT2D eigenvalue weighted by molar-refractivity contribution is -0.123. The number of aliphatic hydroxyl groups is 1. The molecule has 0 saturated heterocycles. The maximum Gasteiger partial charge on any atom is 0.259 e. The number of ether oxygens (including phenoxy) is 2. The normalized spacial score (nSPS) is 18.6. The largest absolute Gasteiger partial charge is 0.507 e. The Bertz CT molecular complexity index is 1350. The van der Waals surface area contributed by atoms with Crippen LogP contribution < -0.4 is 14.8 Å². The number of carbonyl (C=O) groups excluding carboxylic acids is 3. The van der Waals surface area contributed by atoms with Gasteiger partial charge in [0.25, 0.3) is 5.91 Å². The second-order valence-electron chi connectivity index (χ2n) is 7.95. The van der Waals surface area contributed by atoms with Crippen LogP contribution in [0.2, 0.25) is 0 Å². The maximum absolute atomic E-state index is 14.0. The first-order valence-electron chi connectivity index (χ1n) is 10.1. The van der Waals surface area contributed by atoms with Crippen molar-refractivity contribution in [1.29, 1.82) is 0 Å². The van der Waals surface area contributed by atoms with E-state index in [-0.39, 0.29) is 40.5 Å². The fraction of sp³-hybridized carbons (Fsp3) is 0.208. The van der Waals surface area contributed by atoms with Gasteiger partial charge in [0.1, 0.15) is 39.6 Å². The molecule has 176 valence electrons. The third-order valence-corrected chi connectivity index (χ3v) is 5.90. The van der Waals surface area contributed by atoms with Gasteiger partial charge in [0.05, 0.1) is 12.7 Å². The van der Waals surface area contributed by atoms with Gasteiger partial charge < -0.3 is 25.0 Å². The third-order valence-electron chi connectivity index (χ3n) is 5.90. The number of amides is 1. The molecule has 2 aliphatic rings. The van der Waals surface area contributed by atoms with Crippen LogP contribution in [-0.2, 0) is 21.5 Å². The number of nitrogens with one attached hydrogen (secondary N) is 1. The lowest BCUT2D eigenvalue weighted by Crippen LogP contribution is -2.38. The first-order valence-corrected chi connectivity index (χ1v) is 10.1. The molecular formula is C24H19F2NO7. The zero-order valence-electron chi connectivity index (χ0n) is 18.3. The second kappa shape index (κ2) is 7.98. The molecule has 1 atom stereocenters. The molecule has 0 radical (unpaired) electrons. The number of fused-ring (bicyclic) bond motifs is 3. The van der Waals surface area contributed by atoms with Crippen LogP contribution in [0, 0.1) is 11.6 Å². The Morgan fingerprint density at radius 1 is 1.24 bits per heavy atom. The number of allylic oxidation sites excluding steroid dienone is 3. The quantitative estimate of drug-likeness (QED) is 0.573. The summed E-state index contributed by atoms with van der Waals surface area (Å²) in [6.07, 6.45) is 1.08. The number of methoxy groups -OCH3 is 1. The van der Waals surface area contributed by atoms with Crippen molar-refractivity contribution in [1.82, 2.24) is 5.32 Å². The summed E-state index contributed by atoms with van der Waals surface area (Å²) in [4.78, 5) is 38.3. The molecule has 8 nitrogen and oxygen atoms in total. The summed E-state index contributed by atoms with van der Waals surface area (Å²) in [5, 5.41) is 23.4. The molecule has 0 spiro atoms. The number of Topliss-reactive ketones (excluding diaryl/α,β-unsaturated/α-hetero) is 2. The minimum Gasteiger partial charge on any atom is -0.507 e. The summed E-state index contributed by atoms with van der Waals surface area (Å²) in [6.45, 7) is 2.12. The highest BCUT2D eigenvalue weighted by Gasteiger charge is 2.55. The third kappa shape index (κ3) is 3.21. The Morgan fingerprint density at radius 2 is 1.94 bits per heavy atom. The molecule has 1 amide bonds. The molecule has 3 N–H and O–H groups in total. The molecule has 2 aromatic rings. The number of benzene rings is 2. The second-order valence-corrected chi connectivity index (χ2v) is 7.95. The fourth-order valence-corrected chi connectivity index (χ4v) is 4.17. The number of phenols is 1. The van der Waals surface area contributed by atoms with E-state index in [1.54, 1.807) is 0 Å². The number of carbonyl (C=O) groups is 3. The van der Waals surface area contributed by atoms with Crippen molar-refractivity contribution in [3.63, 3.8) is 0 Å². The van der Waals surface area contributed by atoms with Gasteiger partial charge in [-0.2, -0.15) is 0 Å². The lowest BCUT2D eigenvalue weighted by Gasteiger charge is -2.27. The van der Waals surface area contributed by atoms with Gasteiger partial charge >= 0.3 is 0 Å². The summed E-state index contributed by atoms with van der Waals surface area (Å²) < 4.78 is 38.5. The number of ketones is 2. The Morgan fingerprint density at radius 3 is 2.59 bits per heavy atom. The van der Waals surface area contributed by atoms with E-state index in [0.29, 0.717) is 0 Å². The highest BCUT2D eigenvalue weighted by molar-refractivity contribution is 6.25. The van der Waals surface area contributed by atoms with Crippen LogP contribution in [0.4, 0.5) is 8.78 Å². The fourth-order valence-electron chi connectivity index (χ4n) is 4.17. The van der Waals surface area contributed by atoms with Gasteiger partial charge in [-0.05, 0) is 19.9 Å². The van der Waals surface area contributed by atoms with E-state index in [9.17, 15) is 33.4 Å². The smallest absolute Gasteiger partial charge is 0.259 e. The highest BCUT2D eigenvalue weighted by atomic mass is 19.2. The Kier molecular flexibility index (Phi) is 5.39. The summed E-state index contributed by atoms with van der Waals surface area (Å²) in [6, 6.07) is 4.63. The van der Waals surface area contributed by atoms with E-state index in [0.717, 1.165) is 25.1 Å². The summed E-state index contributed by atoms with van der Waals surface area (Å²) >= 11 is 0. The number of rotatable bonds is 5. The van der Waals surface area contributed by atoms with Crippen LogP contribution in [-0.4, -0.2) is 34.8 Å². The Hall–Kier alpha value is -4.21. The van der Waals surface area contributed by atoms with Crippen molar-refractivity contribution >= 4 is 17.5 Å². The first-order chi connectivity index (χ1) is 16.0. The highest BCUT2D eigenvalue weighted by Crippen LogP contribution is 2.56. The average Bonchev–Trinajstić information content (AvgIpc) is 3.07. The van der Waals surface area contributed by atoms with E-state index in [2.05, 4.69) is 5.32 Å². The molecule has 1 aliphatic carbocycles. The molecule has 0 fully saturated rings. The molecule has 2 aromatic carbocycles. The van der Waals surface area contributed by atoms with Gasteiger partial charge in [0.2, 0.25) is 0 Å². The van der Waals surface area contributed by atoms with Gasteiger partial charge in [0, 0.05) is 24.3 Å².